The van der Waals surface area contributed by atoms with Crippen molar-refractivity contribution >= 4 is 28.5 Å². The Bertz CT molecular complexity index is 832. The standard InChI is InChI=1S/C21H29N3O3/c1-12(2)20(25)23-15-5-6-16-17(9-22-18(16)8-15)19(21(26)27)24-10-13(3)7-14(4)11-24/h5-6,8-9,12-14,19,22H,7,10-11H2,1-4H3,(H,23,25)(H,26,27)/t13-,14+,19-/m0/s1. The maximum Gasteiger partial charge on any atom is 0.325 e. The van der Waals surface area contributed by atoms with Crippen molar-refractivity contribution in [2.24, 2.45) is 17.8 Å². The average Bonchev–Trinajstić information content (AvgIpc) is 2.96. The summed E-state index contributed by atoms with van der Waals surface area (Å²) in [6.45, 7) is 9.63. The fourth-order valence-corrected chi connectivity index (χ4v) is 4.15. The number of aromatic amines is 1. The van der Waals surface area contributed by atoms with Crippen molar-refractivity contribution in [2.75, 3.05) is 18.4 Å². The third-order valence-electron chi connectivity index (χ3n) is 5.30. The molecule has 1 aromatic heterocycles. The molecule has 1 aliphatic heterocycles. The molecule has 146 valence electrons. The van der Waals surface area contributed by atoms with Crippen LogP contribution in [0, 0.1) is 17.8 Å². The van der Waals surface area contributed by atoms with Gasteiger partial charge >= 0.3 is 5.97 Å². The van der Waals surface area contributed by atoms with Crippen LogP contribution in [0.1, 0.15) is 45.7 Å². The molecule has 2 aromatic rings. The van der Waals surface area contributed by atoms with E-state index in [9.17, 15) is 14.7 Å². The van der Waals surface area contributed by atoms with Crippen molar-refractivity contribution in [3.63, 3.8) is 0 Å². The number of carboxylic acids is 1. The van der Waals surface area contributed by atoms with Gasteiger partial charge in [-0.05, 0) is 30.4 Å². The smallest absolute Gasteiger partial charge is 0.325 e. The number of hydrogen-bond donors (Lipinski definition) is 3. The van der Waals surface area contributed by atoms with E-state index in [-0.39, 0.29) is 11.8 Å². The van der Waals surface area contributed by atoms with Gasteiger partial charge in [0.15, 0.2) is 0 Å². The van der Waals surface area contributed by atoms with Crippen molar-refractivity contribution in [3.05, 3.63) is 30.0 Å². The van der Waals surface area contributed by atoms with Gasteiger partial charge in [0.1, 0.15) is 6.04 Å². The molecule has 6 heteroatoms. The summed E-state index contributed by atoms with van der Waals surface area (Å²) in [5.41, 5.74) is 2.32. The average molecular weight is 371 g/mol. The third-order valence-corrected chi connectivity index (χ3v) is 5.30. The molecule has 1 saturated heterocycles. The number of likely N-dealkylation sites (tertiary alicyclic amines) is 1. The molecule has 6 nitrogen and oxygen atoms in total. The van der Waals surface area contributed by atoms with Gasteiger partial charge in [0.05, 0.1) is 0 Å². The molecule has 1 amide bonds. The van der Waals surface area contributed by atoms with Crippen LogP contribution >= 0.6 is 0 Å². The van der Waals surface area contributed by atoms with Gasteiger partial charge in [-0.15, -0.1) is 0 Å². The molecule has 1 aromatic carbocycles. The molecule has 27 heavy (non-hydrogen) atoms. The van der Waals surface area contributed by atoms with Gasteiger partial charge in [0, 0.05) is 47.4 Å². The number of carbonyl (C=O) groups is 2. The molecule has 0 spiro atoms. The van der Waals surface area contributed by atoms with Crippen molar-refractivity contribution in [1.29, 1.82) is 0 Å². The number of carbonyl (C=O) groups excluding carboxylic acids is 1. The highest BCUT2D eigenvalue weighted by Crippen LogP contribution is 2.34. The molecule has 3 atom stereocenters. The number of carboxylic acid groups (broad SMARTS) is 1. The first-order valence-corrected chi connectivity index (χ1v) is 9.65. The number of aliphatic carboxylic acids is 1. The van der Waals surface area contributed by atoms with Gasteiger partial charge in [0.2, 0.25) is 5.91 Å². The number of hydrogen-bond acceptors (Lipinski definition) is 3. The zero-order chi connectivity index (χ0) is 19.7. The number of benzene rings is 1. The van der Waals surface area contributed by atoms with Gasteiger partial charge in [-0.3, -0.25) is 14.5 Å². The summed E-state index contributed by atoms with van der Waals surface area (Å²) in [7, 11) is 0. The molecule has 0 bridgehead atoms. The topological polar surface area (TPSA) is 85.4 Å². The number of nitrogens with one attached hydrogen (secondary N) is 2. The molecule has 0 saturated carbocycles. The van der Waals surface area contributed by atoms with E-state index < -0.39 is 12.0 Å². The predicted octanol–water partition coefficient (Wildman–Crippen LogP) is 3.87. The summed E-state index contributed by atoms with van der Waals surface area (Å²) >= 11 is 0. The highest BCUT2D eigenvalue weighted by atomic mass is 16.4. The van der Waals surface area contributed by atoms with Crippen LogP contribution in [0.3, 0.4) is 0 Å². The number of nitrogens with zero attached hydrogens (tertiary/aromatic N) is 1. The SMILES string of the molecule is CC(C)C(=O)Nc1ccc2c([C@@H](C(=O)O)N3C[C@H](C)C[C@H](C)C3)c[nH]c2c1. The van der Waals surface area contributed by atoms with Crippen LogP contribution in [0.4, 0.5) is 5.69 Å². The Hall–Kier alpha value is -2.34. The Labute approximate surface area is 159 Å². The first kappa shape index (κ1) is 19.4. The van der Waals surface area contributed by atoms with Crippen LogP contribution in [0.2, 0.25) is 0 Å². The number of amides is 1. The molecule has 1 aliphatic rings. The minimum Gasteiger partial charge on any atom is -0.480 e. The zero-order valence-corrected chi connectivity index (χ0v) is 16.5. The van der Waals surface area contributed by atoms with Gasteiger partial charge in [0.25, 0.3) is 0 Å². The van der Waals surface area contributed by atoms with Crippen LogP contribution in [0.25, 0.3) is 10.9 Å². The summed E-state index contributed by atoms with van der Waals surface area (Å²) in [5, 5.41) is 13.7. The molecule has 1 fully saturated rings. The Morgan fingerprint density at radius 3 is 2.48 bits per heavy atom. The summed E-state index contributed by atoms with van der Waals surface area (Å²) in [5.74, 6) is 0.00639. The van der Waals surface area contributed by atoms with Gasteiger partial charge in [-0.2, -0.15) is 0 Å². The van der Waals surface area contributed by atoms with Crippen LogP contribution in [0.15, 0.2) is 24.4 Å². The second-order valence-electron chi connectivity index (χ2n) is 8.29. The lowest BCUT2D eigenvalue weighted by Crippen LogP contribution is -2.43. The van der Waals surface area contributed by atoms with Crippen LogP contribution < -0.4 is 5.32 Å². The number of anilines is 1. The van der Waals surface area contributed by atoms with E-state index in [1.165, 1.54) is 0 Å². The van der Waals surface area contributed by atoms with Crippen molar-refractivity contribution < 1.29 is 14.7 Å². The predicted molar refractivity (Wildman–Crippen MR) is 107 cm³/mol. The number of piperidine rings is 1. The lowest BCUT2D eigenvalue weighted by molar-refractivity contribution is -0.144. The molecule has 0 radical (unpaired) electrons. The van der Waals surface area contributed by atoms with E-state index in [2.05, 4.69) is 29.0 Å². The van der Waals surface area contributed by atoms with E-state index >= 15 is 0 Å². The lowest BCUT2D eigenvalue weighted by Gasteiger charge is -2.38. The summed E-state index contributed by atoms with van der Waals surface area (Å²) in [4.78, 5) is 29.3. The number of rotatable bonds is 5. The fourth-order valence-electron chi connectivity index (χ4n) is 4.15. The maximum absolute atomic E-state index is 12.1. The first-order chi connectivity index (χ1) is 12.8. The monoisotopic (exact) mass is 371 g/mol. The Balaban J connectivity index is 1.92. The van der Waals surface area contributed by atoms with E-state index in [0.29, 0.717) is 17.5 Å². The molecule has 3 N–H and O–H groups in total. The lowest BCUT2D eigenvalue weighted by atomic mass is 9.89. The molecular weight excluding hydrogens is 342 g/mol. The highest BCUT2D eigenvalue weighted by molar-refractivity contribution is 5.96. The Morgan fingerprint density at radius 2 is 1.89 bits per heavy atom. The normalized spacial score (nSPS) is 22.1. The minimum absolute atomic E-state index is 0.0409. The number of aromatic nitrogens is 1. The quantitative estimate of drug-likeness (QED) is 0.745. The summed E-state index contributed by atoms with van der Waals surface area (Å²) in [6.07, 6.45) is 2.93. The van der Waals surface area contributed by atoms with Gasteiger partial charge in [-0.1, -0.05) is 33.8 Å². The van der Waals surface area contributed by atoms with Gasteiger partial charge < -0.3 is 15.4 Å². The highest BCUT2D eigenvalue weighted by Gasteiger charge is 2.34. The maximum atomic E-state index is 12.1. The second-order valence-corrected chi connectivity index (χ2v) is 8.29. The fraction of sp³-hybridized carbons (Fsp3) is 0.524. The second kappa shape index (κ2) is 7.72. The first-order valence-electron chi connectivity index (χ1n) is 9.65. The molecule has 3 rings (SSSR count). The number of H-pyrrole nitrogens is 1. The Kier molecular flexibility index (Phi) is 5.56. The van der Waals surface area contributed by atoms with E-state index in [1.54, 1.807) is 6.20 Å². The third kappa shape index (κ3) is 4.16. The molecular formula is C21H29N3O3. The van der Waals surface area contributed by atoms with Crippen molar-refractivity contribution in [3.8, 4) is 0 Å². The number of fused-ring (bicyclic) bond motifs is 1. The van der Waals surface area contributed by atoms with Crippen LogP contribution in [-0.4, -0.2) is 40.0 Å². The van der Waals surface area contributed by atoms with Crippen LogP contribution in [0.5, 0.6) is 0 Å². The summed E-state index contributed by atoms with van der Waals surface area (Å²) < 4.78 is 0. The summed E-state index contributed by atoms with van der Waals surface area (Å²) in [6, 6.07) is 4.92. The van der Waals surface area contributed by atoms with Crippen LogP contribution in [-0.2, 0) is 9.59 Å². The molecule has 2 heterocycles. The van der Waals surface area contributed by atoms with E-state index in [4.69, 9.17) is 0 Å². The largest absolute Gasteiger partial charge is 0.480 e. The minimum atomic E-state index is -0.825. The Morgan fingerprint density at radius 1 is 1.22 bits per heavy atom. The van der Waals surface area contributed by atoms with Crippen molar-refractivity contribution in [1.82, 2.24) is 9.88 Å². The zero-order valence-electron chi connectivity index (χ0n) is 16.5. The van der Waals surface area contributed by atoms with Gasteiger partial charge in [-0.25, -0.2) is 0 Å². The van der Waals surface area contributed by atoms with E-state index in [1.807, 2.05) is 32.0 Å². The molecule has 0 aliphatic carbocycles. The van der Waals surface area contributed by atoms with Crippen molar-refractivity contribution in [2.45, 2.75) is 40.2 Å². The van der Waals surface area contributed by atoms with E-state index in [0.717, 1.165) is 36.0 Å². The molecule has 0 unspecified atom stereocenters.